The third-order valence-electron chi connectivity index (χ3n) is 3.21. The zero-order valence-corrected chi connectivity index (χ0v) is 13.5. The molecule has 0 saturated carbocycles. The topological polar surface area (TPSA) is 30.5 Å². The quantitative estimate of drug-likeness (QED) is 0.792. The van der Waals surface area contributed by atoms with Crippen molar-refractivity contribution in [1.29, 1.82) is 0 Å². The summed E-state index contributed by atoms with van der Waals surface area (Å²) in [5.41, 5.74) is 1.26. The van der Waals surface area contributed by atoms with Crippen molar-refractivity contribution in [3.8, 4) is 5.75 Å². The van der Waals surface area contributed by atoms with Crippen molar-refractivity contribution in [2.24, 2.45) is 5.92 Å². The summed E-state index contributed by atoms with van der Waals surface area (Å²) in [6, 6.07) is 8.32. The van der Waals surface area contributed by atoms with Gasteiger partial charge in [-0.3, -0.25) is 0 Å². The molecule has 1 aromatic rings. The molecule has 0 aromatic heterocycles. The Bertz CT molecular complexity index is 385. The molecule has 3 nitrogen and oxygen atoms in total. The number of rotatable bonds is 8. The fraction of sp³-hybridized carbons (Fsp3) is 0.647. The van der Waals surface area contributed by atoms with Crippen molar-refractivity contribution in [3.63, 3.8) is 0 Å². The summed E-state index contributed by atoms with van der Waals surface area (Å²) in [7, 11) is 3.71. The summed E-state index contributed by atoms with van der Waals surface area (Å²) >= 11 is 0. The Morgan fingerprint density at radius 1 is 1.25 bits per heavy atom. The molecule has 0 aliphatic heterocycles. The predicted molar refractivity (Wildman–Crippen MR) is 84.4 cm³/mol. The Balaban J connectivity index is 2.53. The van der Waals surface area contributed by atoms with Gasteiger partial charge in [0, 0.05) is 6.61 Å². The van der Waals surface area contributed by atoms with Crippen molar-refractivity contribution >= 4 is 0 Å². The maximum absolute atomic E-state index is 5.84. The van der Waals surface area contributed by atoms with Crippen molar-refractivity contribution in [3.05, 3.63) is 29.8 Å². The van der Waals surface area contributed by atoms with Gasteiger partial charge >= 0.3 is 0 Å². The molecule has 1 atom stereocenters. The maximum atomic E-state index is 5.84. The molecule has 0 amide bonds. The van der Waals surface area contributed by atoms with Crippen molar-refractivity contribution in [2.45, 2.75) is 39.2 Å². The highest BCUT2D eigenvalue weighted by molar-refractivity contribution is 5.28. The van der Waals surface area contributed by atoms with Crippen LogP contribution in [0.2, 0.25) is 0 Å². The normalized spacial score (nSPS) is 13.2. The number of benzene rings is 1. The Morgan fingerprint density at radius 3 is 2.60 bits per heavy atom. The van der Waals surface area contributed by atoms with E-state index in [0.717, 1.165) is 31.7 Å². The van der Waals surface area contributed by atoms with E-state index in [0.29, 0.717) is 5.92 Å². The maximum Gasteiger partial charge on any atom is 0.119 e. The first-order chi connectivity index (χ1) is 9.44. The van der Waals surface area contributed by atoms with E-state index in [1.807, 2.05) is 13.1 Å². The number of nitrogens with one attached hydrogen (secondary N) is 1. The highest BCUT2D eigenvalue weighted by Crippen LogP contribution is 2.18. The second-order valence-corrected chi connectivity index (χ2v) is 6.23. The Morgan fingerprint density at radius 2 is 2.00 bits per heavy atom. The number of hydrogen-bond donors (Lipinski definition) is 1. The second-order valence-electron chi connectivity index (χ2n) is 6.23. The zero-order chi connectivity index (χ0) is 15.0. The minimum Gasteiger partial charge on any atom is -0.497 e. The molecular formula is C17H29NO2. The molecule has 0 spiro atoms. The van der Waals surface area contributed by atoms with E-state index in [1.54, 1.807) is 7.11 Å². The van der Waals surface area contributed by atoms with E-state index in [4.69, 9.17) is 9.47 Å². The molecular weight excluding hydrogens is 250 g/mol. The smallest absolute Gasteiger partial charge is 0.119 e. The van der Waals surface area contributed by atoms with Gasteiger partial charge in [-0.05, 0) is 70.8 Å². The van der Waals surface area contributed by atoms with Crippen LogP contribution >= 0.6 is 0 Å². The third kappa shape index (κ3) is 6.92. The first kappa shape index (κ1) is 17.0. The average Bonchev–Trinajstić information content (AvgIpc) is 2.37. The Kier molecular flexibility index (Phi) is 7.03. The molecule has 1 rings (SSSR count). The zero-order valence-electron chi connectivity index (χ0n) is 13.5. The number of methoxy groups -OCH3 is 1. The van der Waals surface area contributed by atoms with Gasteiger partial charge in [0.05, 0.1) is 12.7 Å². The summed E-state index contributed by atoms with van der Waals surface area (Å²) in [5.74, 6) is 1.51. The van der Waals surface area contributed by atoms with E-state index in [1.165, 1.54) is 5.56 Å². The third-order valence-corrected chi connectivity index (χ3v) is 3.21. The summed E-state index contributed by atoms with van der Waals surface area (Å²) in [6.07, 6.45) is 2.11. The first-order valence-corrected chi connectivity index (χ1v) is 7.36. The minimum atomic E-state index is -0.0554. The monoisotopic (exact) mass is 279 g/mol. The molecule has 0 aliphatic carbocycles. The van der Waals surface area contributed by atoms with Crippen LogP contribution in [0.3, 0.4) is 0 Å². The lowest BCUT2D eigenvalue weighted by molar-refractivity contribution is -0.00912. The van der Waals surface area contributed by atoms with Gasteiger partial charge in [0.15, 0.2) is 0 Å². The van der Waals surface area contributed by atoms with Crippen LogP contribution in [-0.2, 0) is 11.2 Å². The van der Waals surface area contributed by atoms with Gasteiger partial charge in [0.2, 0.25) is 0 Å². The molecule has 0 saturated heterocycles. The summed E-state index contributed by atoms with van der Waals surface area (Å²) in [5, 5.41) is 3.28. The van der Waals surface area contributed by atoms with Crippen molar-refractivity contribution in [2.75, 3.05) is 27.3 Å². The predicted octanol–water partition coefficient (Wildman–Crippen LogP) is 3.28. The molecule has 1 unspecified atom stereocenters. The van der Waals surface area contributed by atoms with Gasteiger partial charge in [0.25, 0.3) is 0 Å². The SMILES string of the molecule is CNCC(CCOC(C)(C)C)Cc1cccc(OC)c1. The van der Waals surface area contributed by atoms with E-state index in [2.05, 4.69) is 44.3 Å². The summed E-state index contributed by atoms with van der Waals surface area (Å²) in [4.78, 5) is 0. The molecule has 1 aromatic carbocycles. The van der Waals surface area contributed by atoms with E-state index in [-0.39, 0.29) is 5.60 Å². The van der Waals surface area contributed by atoms with Crippen LogP contribution in [-0.4, -0.2) is 32.9 Å². The van der Waals surface area contributed by atoms with Crippen molar-refractivity contribution in [1.82, 2.24) is 5.32 Å². The molecule has 20 heavy (non-hydrogen) atoms. The van der Waals surface area contributed by atoms with Gasteiger partial charge in [-0.1, -0.05) is 12.1 Å². The van der Waals surface area contributed by atoms with Crippen LogP contribution in [0.4, 0.5) is 0 Å². The minimum absolute atomic E-state index is 0.0554. The number of hydrogen-bond acceptors (Lipinski definition) is 3. The molecule has 114 valence electrons. The van der Waals surface area contributed by atoms with E-state index in [9.17, 15) is 0 Å². The Labute approximate surface area is 123 Å². The van der Waals surface area contributed by atoms with Crippen LogP contribution in [0.25, 0.3) is 0 Å². The van der Waals surface area contributed by atoms with Gasteiger partial charge in [0.1, 0.15) is 5.75 Å². The fourth-order valence-corrected chi connectivity index (χ4v) is 2.23. The van der Waals surface area contributed by atoms with Crippen LogP contribution in [0.5, 0.6) is 5.75 Å². The van der Waals surface area contributed by atoms with Crippen molar-refractivity contribution < 1.29 is 9.47 Å². The van der Waals surface area contributed by atoms with Crippen LogP contribution < -0.4 is 10.1 Å². The highest BCUT2D eigenvalue weighted by Gasteiger charge is 2.13. The highest BCUT2D eigenvalue weighted by atomic mass is 16.5. The molecule has 0 bridgehead atoms. The molecule has 0 aliphatic rings. The lowest BCUT2D eigenvalue weighted by Gasteiger charge is -2.22. The average molecular weight is 279 g/mol. The van der Waals surface area contributed by atoms with Gasteiger partial charge in [-0.25, -0.2) is 0 Å². The lowest BCUT2D eigenvalue weighted by atomic mass is 9.96. The van der Waals surface area contributed by atoms with Gasteiger partial charge in [-0.15, -0.1) is 0 Å². The van der Waals surface area contributed by atoms with Gasteiger partial charge < -0.3 is 14.8 Å². The fourth-order valence-electron chi connectivity index (χ4n) is 2.23. The lowest BCUT2D eigenvalue weighted by Crippen LogP contribution is -2.25. The van der Waals surface area contributed by atoms with E-state index >= 15 is 0 Å². The van der Waals surface area contributed by atoms with Gasteiger partial charge in [-0.2, -0.15) is 0 Å². The molecule has 0 heterocycles. The van der Waals surface area contributed by atoms with Crippen LogP contribution in [0, 0.1) is 5.92 Å². The van der Waals surface area contributed by atoms with Crippen LogP contribution in [0.1, 0.15) is 32.8 Å². The molecule has 0 radical (unpaired) electrons. The number of ether oxygens (including phenoxy) is 2. The first-order valence-electron chi connectivity index (χ1n) is 7.36. The summed E-state index contributed by atoms with van der Waals surface area (Å²) in [6.45, 7) is 8.11. The second kappa shape index (κ2) is 8.28. The standard InChI is InChI=1S/C17H29NO2/c1-17(2,3)20-10-9-15(13-18-4)11-14-7-6-8-16(12-14)19-5/h6-8,12,15,18H,9-11,13H2,1-5H3. The van der Waals surface area contributed by atoms with Crippen LogP contribution in [0.15, 0.2) is 24.3 Å². The van der Waals surface area contributed by atoms with E-state index < -0.39 is 0 Å². The molecule has 0 fully saturated rings. The Hall–Kier alpha value is -1.06. The summed E-state index contributed by atoms with van der Waals surface area (Å²) < 4.78 is 11.1. The largest absolute Gasteiger partial charge is 0.497 e. The molecule has 3 heteroatoms. The molecule has 1 N–H and O–H groups in total.